The van der Waals surface area contributed by atoms with E-state index in [0.717, 1.165) is 0 Å². The average Bonchev–Trinajstić information content (AvgIpc) is 3.99. The highest BCUT2D eigenvalue weighted by molar-refractivity contribution is 6.29. The van der Waals surface area contributed by atoms with Crippen molar-refractivity contribution < 1.29 is 9.15 Å². The molecule has 4 nitrogen and oxygen atoms in total. The summed E-state index contributed by atoms with van der Waals surface area (Å²) in [5, 5.41) is 2.43. The summed E-state index contributed by atoms with van der Waals surface area (Å²) in [6.07, 6.45) is 9.42. The smallest absolute Gasteiger partial charge is 0.198 e. The maximum atomic E-state index is 2.64. The summed E-state index contributed by atoms with van der Waals surface area (Å²) in [6, 6.07) is 53.1. The van der Waals surface area contributed by atoms with Crippen LogP contribution in [0.1, 0.15) is 33.6 Å². The lowest BCUT2D eigenvalue weighted by atomic mass is 9.93. The van der Waals surface area contributed by atoms with Gasteiger partial charge in [-0.1, -0.05) is 130 Å². The molecule has 0 saturated heterocycles. The van der Waals surface area contributed by atoms with Crippen molar-refractivity contribution in [3.05, 3.63) is 226 Å². The molecule has 2 aromatic heterocycles. The van der Waals surface area contributed by atoms with Gasteiger partial charge in [-0.05, 0) is 46.5 Å². The maximum Gasteiger partial charge on any atom is 0.553 e. The van der Waals surface area contributed by atoms with E-state index in [4.69, 9.17) is 0 Å². The second-order valence-corrected chi connectivity index (χ2v) is 13.3. The van der Waals surface area contributed by atoms with Gasteiger partial charge in [0.25, 0.3) is 0 Å². The van der Waals surface area contributed by atoms with Crippen LogP contribution in [0, 0.1) is 0 Å². The van der Waals surface area contributed by atoms with E-state index in [1.807, 2.05) is 0 Å². The third kappa shape index (κ3) is 2.89. The molecule has 0 unspecified atom stereocenters. The Balaban J connectivity index is 1.35. The largest absolute Gasteiger partial charge is 0.553 e. The predicted molar refractivity (Wildman–Crippen MR) is 193 cm³/mol. The number of allylic oxidation sites excluding steroid dienone is 4. The molecule has 49 heavy (non-hydrogen) atoms. The van der Waals surface area contributed by atoms with Crippen LogP contribution < -0.4 is 10.7 Å². The average molecular weight is 625 g/mol. The predicted octanol–water partition coefficient (Wildman–Crippen LogP) is 6.42. The van der Waals surface area contributed by atoms with E-state index < -0.39 is 5.91 Å². The molecule has 6 aromatic rings. The quantitative estimate of drug-likeness (QED) is 0.201. The summed E-state index contributed by atoms with van der Waals surface area (Å²) in [7, 11) is 0. The Hall–Kier alpha value is -6.52. The number of hydrogen-bond acceptors (Lipinski definition) is 0. The number of benzene rings is 4. The van der Waals surface area contributed by atoms with Gasteiger partial charge >= 0.3 is 5.91 Å². The molecular weight excluding hydrogens is 597 g/mol. The molecule has 6 aliphatic rings. The van der Waals surface area contributed by atoms with Crippen LogP contribution >= 0.6 is 0 Å². The van der Waals surface area contributed by atoms with Crippen LogP contribution in [0.3, 0.4) is 0 Å². The van der Waals surface area contributed by atoms with Crippen molar-refractivity contribution in [1.29, 1.82) is 0 Å². The van der Waals surface area contributed by atoms with Crippen molar-refractivity contribution in [2.24, 2.45) is 0 Å². The van der Waals surface area contributed by atoms with E-state index in [-0.39, 0.29) is 0 Å². The summed E-state index contributed by atoms with van der Waals surface area (Å²) in [4.78, 5) is 0. The molecule has 0 amide bonds. The summed E-state index contributed by atoms with van der Waals surface area (Å²) in [6.45, 7) is 0. The molecule has 6 aliphatic heterocycles. The number of rotatable bonds is 4. The first-order chi connectivity index (χ1) is 24.4. The fraction of sp³-hybridized carbons (Fsp3) is 0.0222. The van der Waals surface area contributed by atoms with Gasteiger partial charge < -0.3 is 0 Å². The summed E-state index contributed by atoms with van der Waals surface area (Å²) in [5.41, 5.74) is 17.1. The van der Waals surface area contributed by atoms with Crippen LogP contribution in [0.25, 0.3) is 22.3 Å². The van der Waals surface area contributed by atoms with Crippen molar-refractivity contribution in [2.45, 2.75) is 5.91 Å². The molecule has 1 spiro atoms. The van der Waals surface area contributed by atoms with Gasteiger partial charge in [0.05, 0.1) is 44.4 Å². The Kier molecular flexibility index (Phi) is 4.63. The van der Waals surface area contributed by atoms with Crippen molar-refractivity contribution in [1.82, 2.24) is 9.13 Å². The lowest BCUT2D eigenvalue weighted by molar-refractivity contribution is -0.834. The highest BCUT2D eigenvalue weighted by Gasteiger charge is 2.72. The molecule has 0 atom stereocenters. The third-order valence-electron chi connectivity index (χ3n) is 11.0. The van der Waals surface area contributed by atoms with Gasteiger partial charge in [-0.25, -0.2) is 0 Å². The van der Waals surface area contributed by atoms with Gasteiger partial charge in [0.1, 0.15) is 0 Å². The van der Waals surface area contributed by atoms with E-state index in [9.17, 15) is 0 Å². The molecule has 0 fully saturated rings. The summed E-state index contributed by atoms with van der Waals surface area (Å²) >= 11 is 0. The number of hydrogen-bond donors (Lipinski definition) is 0. The normalized spacial score (nSPS) is 18.2. The van der Waals surface area contributed by atoms with Crippen molar-refractivity contribution >= 4 is 33.7 Å². The molecule has 0 aliphatic carbocycles. The monoisotopic (exact) mass is 624 g/mol. The highest BCUT2D eigenvalue weighted by atomic mass is 15.6. The first-order valence-electron chi connectivity index (χ1n) is 17.0. The van der Waals surface area contributed by atoms with Crippen LogP contribution in [-0.2, 0) is 5.91 Å². The van der Waals surface area contributed by atoms with E-state index in [2.05, 4.69) is 188 Å². The maximum absolute atomic E-state index is 2.64. The van der Waals surface area contributed by atoms with Crippen LogP contribution in [0.15, 0.2) is 181 Å². The molecular formula is C45H28N4+2. The zero-order valence-corrected chi connectivity index (χ0v) is 26.5. The fourth-order valence-corrected chi connectivity index (χ4v) is 9.33. The Morgan fingerprint density at radius 3 is 1.10 bits per heavy atom. The topological polar surface area (TPSA) is 15.9 Å². The van der Waals surface area contributed by atoms with Crippen LogP contribution in [0.4, 0.5) is 0 Å². The highest BCUT2D eigenvalue weighted by Crippen LogP contribution is 2.52. The molecule has 12 rings (SSSR count). The van der Waals surface area contributed by atoms with E-state index >= 15 is 0 Å². The molecule has 4 heteroatoms. The molecule has 226 valence electrons. The minimum Gasteiger partial charge on any atom is -0.198 e. The molecule has 0 saturated carbocycles. The summed E-state index contributed by atoms with van der Waals surface area (Å²) in [5.74, 6) is -0.752. The van der Waals surface area contributed by atoms with Crippen molar-refractivity contribution in [3.8, 4) is 0 Å². The number of aromatic nitrogens is 2. The van der Waals surface area contributed by atoms with Gasteiger partial charge in [-0.15, -0.1) is 0 Å². The SMILES string of the molecule is C1=CC2=[N+]3C1=C(c1ccccc1)c1ccc4n1C31n3c(ccc3=C(c3ccccc3)C3=[N+]1C(=C4c1ccccc1)C=C3)=C2c1ccccc1. The van der Waals surface area contributed by atoms with Gasteiger partial charge in [0, 0.05) is 24.3 Å². The lowest BCUT2D eigenvalue weighted by Crippen LogP contribution is -2.71. The number of nitrogens with zero attached hydrogens (tertiary/aromatic N) is 4. The lowest BCUT2D eigenvalue weighted by Gasteiger charge is -2.41. The second kappa shape index (κ2) is 8.88. The van der Waals surface area contributed by atoms with Gasteiger partial charge in [-0.3, -0.25) is 0 Å². The Morgan fingerprint density at radius 1 is 0.347 bits per heavy atom. The standard InChI is InChI=1S/C45H28N4/c1-5-13-29(14-6-1)41-33-21-23-35-42(30-15-7-2-8-16-30)37-25-27-39-44(32-19-11-4-12-20-32)40-28-26-38-43(31-17-9-3-10-18-31)36-24-22-34(41)47(36)45(46(33)35,48(37)39)49(38)40/h1-28H/q+2. The Bertz CT molecular complexity index is 2630. The Morgan fingerprint density at radius 2 is 0.714 bits per heavy atom. The molecule has 0 bridgehead atoms. The minimum absolute atomic E-state index is 0.752. The first kappa shape index (κ1) is 25.6. The third-order valence-corrected chi connectivity index (χ3v) is 11.0. The van der Waals surface area contributed by atoms with Gasteiger partial charge in [0.2, 0.25) is 22.8 Å². The van der Waals surface area contributed by atoms with Crippen LogP contribution in [0.2, 0.25) is 0 Å². The Labute approximate surface area is 282 Å². The first-order valence-corrected chi connectivity index (χ1v) is 17.0. The molecule has 8 heterocycles. The molecule has 0 N–H and O–H groups in total. The van der Waals surface area contributed by atoms with Gasteiger partial charge in [-0.2, -0.15) is 9.13 Å². The molecule has 4 aromatic carbocycles. The van der Waals surface area contributed by atoms with E-state index in [0.29, 0.717) is 0 Å². The van der Waals surface area contributed by atoms with Crippen molar-refractivity contribution in [2.75, 3.05) is 0 Å². The zero-order valence-electron chi connectivity index (χ0n) is 26.5. The van der Waals surface area contributed by atoms with E-state index in [1.54, 1.807) is 0 Å². The second-order valence-electron chi connectivity index (χ2n) is 13.3. The summed E-state index contributed by atoms with van der Waals surface area (Å²) < 4.78 is 10.6. The van der Waals surface area contributed by atoms with Crippen LogP contribution in [0.5, 0.6) is 0 Å². The fourth-order valence-electron chi connectivity index (χ4n) is 9.33. The molecule has 0 radical (unpaired) electrons. The minimum atomic E-state index is -0.752. The van der Waals surface area contributed by atoms with Gasteiger partial charge in [0.15, 0.2) is 0 Å². The van der Waals surface area contributed by atoms with E-state index in [1.165, 1.54) is 89.4 Å². The van der Waals surface area contributed by atoms with Crippen molar-refractivity contribution in [3.63, 3.8) is 0 Å². The van der Waals surface area contributed by atoms with Crippen LogP contribution in [-0.4, -0.2) is 29.7 Å². The zero-order chi connectivity index (χ0) is 31.8.